The minimum Gasteiger partial charge on any atom is -0.387 e. The summed E-state index contributed by atoms with van der Waals surface area (Å²) in [7, 11) is 0. The summed E-state index contributed by atoms with van der Waals surface area (Å²) in [5.74, 6) is 0.554. The molecule has 0 bridgehead atoms. The lowest BCUT2D eigenvalue weighted by atomic mass is 10.1. The van der Waals surface area contributed by atoms with E-state index in [2.05, 4.69) is 36.2 Å². The highest BCUT2D eigenvalue weighted by molar-refractivity contribution is 7.21. The fraction of sp³-hybridized carbons (Fsp3) is 0.125. The summed E-state index contributed by atoms with van der Waals surface area (Å²) in [5.41, 5.74) is 9.83. The van der Waals surface area contributed by atoms with Gasteiger partial charge in [0.2, 0.25) is 0 Å². The topological polar surface area (TPSA) is 51.3 Å². The van der Waals surface area contributed by atoms with Crippen LogP contribution < -0.4 is 5.73 Å². The summed E-state index contributed by atoms with van der Waals surface area (Å²) in [6, 6.07) is 14.4. The van der Waals surface area contributed by atoms with E-state index >= 15 is 0 Å². The van der Waals surface area contributed by atoms with Gasteiger partial charge in [0.25, 0.3) is 0 Å². The number of nitrogens with zero attached hydrogens (tertiary/aromatic N) is 2. The molecule has 4 heteroatoms. The van der Waals surface area contributed by atoms with E-state index in [1.54, 1.807) is 18.3 Å². The number of aliphatic imine (C=N–C) groups is 1. The molecule has 2 N–H and O–H groups in total. The Morgan fingerprint density at radius 3 is 2.80 bits per heavy atom. The number of thiazole rings is 1. The number of amidine groups is 1. The van der Waals surface area contributed by atoms with E-state index in [-0.39, 0.29) is 0 Å². The zero-order valence-corrected chi connectivity index (χ0v) is 12.2. The molecule has 100 valence electrons. The van der Waals surface area contributed by atoms with Crippen molar-refractivity contribution in [3.8, 4) is 10.6 Å². The van der Waals surface area contributed by atoms with Gasteiger partial charge in [-0.15, -0.1) is 11.3 Å². The Morgan fingerprint density at radius 2 is 2.05 bits per heavy atom. The predicted octanol–water partition coefficient (Wildman–Crippen LogP) is 4.28. The van der Waals surface area contributed by atoms with Crippen LogP contribution in [0.3, 0.4) is 0 Å². The van der Waals surface area contributed by atoms with Crippen molar-refractivity contribution in [2.24, 2.45) is 10.7 Å². The molecule has 0 fully saturated rings. The number of aryl methyl sites for hydroxylation is 1. The monoisotopic (exact) mass is 281 g/mol. The molecule has 0 saturated carbocycles. The van der Waals surface area contributed by atoms with Crippen molar-refractivity contribution in [2.45, 2.75) is 13.8 Å². The second kappa shape index (κ2) is 5.06. The van der Waals surface area contributed by atoms with Gasteiger partial charge in [-0.05, 0) is 38.1 Å². The average molecular weight is 281 g/mol. The Morgan fingerprint density at radius 1 is 1.20 bits per heavy atom. The molecular weight excluding hydrogens is 266 g/mol. The lowest BCUT2D eigenvalue weighted by Gasteiger charge is -1.96. The van der Waals surface area contributed by atoms with Crippen LogP contribution in [0.25, 0.3) is 20.8 Å². The highest BCUT2D eigenvalue weighted by Gasteiger charge is 2.07. The quantitative estimate of drug-likeness (QED) is 0.563. The first-order valence-electron chi connectivity index (χ1n) is 6.40. The molecule has 20 heavy (non-hydrogen) atoms. The predicted molar refractivity (Wildman–Crippen MR) is 86.7 cm³/mol. The first kappa shape index (κ1) is 12.8. The molecular formula is C16H15N3S. The van der Waals surface area contributed by atoms with Gasteiger partial charge in [-0.25, -0.2) is 9.98 Å². The van der Waals surface area contributed by atoms with E-state index in [9.17, 15) is 0 Å². The molecule has 0 atom stereocenters. The second-order valence-corrected chi connectivity index (χ2v) is 5.82. The highest BCUT2D eigenvalue weighted by atomic mass is 32.1. The van der Waals surface area contributed by atoms with E-state index in [1.165, 1.54) is 5.56 Å². The molecule has 0 spiro atoms. The minimum atomic E-state index is 0.554. The third-order valence-corrected chi connectivity index (χ3v) is 4.03. The number of aromatic nitrogens is 1. The Kier molecular flexibility index (Phi) is 3.24. The summed E-state index contributed by atoms with van der Waals surface area (Å²) in [6.07, 6.45) is 0. The maximum Gasteiger partial charge on any atom is 0.124 e. The van der Waals surface area contributed by atoms with Crippen molar-refractivity contribution in [3.05, 3.63) is 48.0 Å². The maximum atomic E-state index is 5.61. The first-order valence-corrected chi connectivity index (χ1v) is 7.22. The molecule has 0 saturated heterocycles. The lowest BCUT2D eigenvalue weighted by Crippen LogP contribution is -2.03. The molecule has 3 aromatic rings. The standard InChI is InChI=1S/C16H15N3S/c1-10-4-3-5-12(8-10)16-19-14-9-13(18-11(2)17)6-7-15(14)20-16/h3-9H,1-2H3,(H2,17,18). The van der Waals surface area contributed by atoms with E-state index in [0.717, 1.165) is 26.5 Å². The normalized spacial score (nSPS) is 12.0. The first-order chi connectivity index (χ1) is 9.61. The number of nitrogens with two attached hydrogens (primary N) is 1. The summed E-state index contributed by atoms with van der Waals surface area (Å²) in [4.78, 5) is 8.97. The second-order valence-electron chi connectivity index (χ2n) is 4.79. The molecule has 0 amide bonds. The summed E-state index contributed by atoms with van der Waals surface area (Å²) >= 11 is 1.70. The molecule has 0 radical (unpaired) electrons. The van der Waals surface area contributed by atoms with Crippen molar-refractivity contribution < 1.29 is 0 Å². The third kappa shape index (κ3) is 2.56. The zero-order valence-electron chi connectivity index (χ0n) is 11.4. The zero-order chi connectivity index (χ0) is 14.1. The maximum absolute atomic E-state index is 5.61. The molecule has 1 aromatic heterocycles. The molecule has 0 unspecified atom stereocenters. The Hall–Kier alpha value is -2.20. The summed E-state index contributed by atoms with van der Waals surface area (Å²) in [5, 5.41) is 1.04. The fourth-order valence-corrected chi connectivity index (χ4v) is 3.03. The van der Waals surface area contributed by atoms with Gasteiger partial charge in [-0.3, -0.25) is 0 Å². The smallest absolute Gasteiger partial charge is 0.124 e. The minimum absolute atomic E-state index is 0.554. The van der Waals surface area contributed by atoms with Crippen molar-refractivity contribution >= 4 is 33.1 Å². The summed E-state index contributed by atoms with van der Waals surface area (Å²) < 4.78 is 1.16. The average Bonchev–Trinajstić information content (AvgIpc) is 2.81. The van der Waals surface area contributed by atoms with Gasteiger partial charge in [-0.2, -0.15) is 0 Å². The van der Waals surface area contributed by atoms with Crippen LogP contribution in [0.4, 0.5) is 5.69 Å². The number of benzene rings is 2. The van der Waals surface area contributed by atoms with Crippen molar-refractivity contribution in [1.29, 1.82) is 0 Å². The van der Waals surface area contributed by atoms with Crippen LogP contribution in [-0.4, -0.2) is 10.8 Å². The lowest BCUT2D eigenvalue weighted by molar-refractivity contribution is 1.42. The summed E-state index contributed by atoms with van der Waals surface area (Å²) in [6.45, 7) is 3.87. The van der Waals surface area contributed by atoms with E-state index in [0.29, 0.717) is 5.84 Å². The Balaban J connectivity index is 2.09. The van der Waals surface area contributed by atoms with Crippen LogP contribution in [0.2, 0.25) is 0 Å². The third-order valence-electron chi connectivity index (χ3n) is 2.94. The van der Waals surface area contributed by atoms with E-state index in [4.69, 9.17) is 10.7 Å². The molecule has 3 rings (SSSR count). The largest absolute Gasteiger partial charge is 0.387 e. The number of hydrogen-bond donors (Lipinski definition) is 1. The van der Waals surface area contributed by atoms with Gasteiger partial charge >= 0.3 is 0 Å². The van der Waals surface area contributed by atoms with Crippen LogP contribution in [0.1, 0.15) is 12.5 Å². The Labute approximate surface area is 121 Å². The Bertz CT molecular complexity index is 798. The SMILES string of the molecule is CC(N)=Nc1ccc2sc(-c3cccc(C)c3)nc2c1. The van der Waals surface area contributed by atoms with Gasteiger partial charge in [0.1, 0.15) is 5.01 Å². The van der Waals surface area contributed by atoms with Crippen molar-refractivity contribution in [2.75, 3.05) is 0 Å². The molecule has 0 aliphatic carbocycles. The molecule has 1 heterocycles. The fourth-order valence-electron chi connectivity index (χ4n) is 2.09. The van der Waals surface area contributed by atoms with Gasteiger partial charge in [0.15, 0.2) is 0 Å². The molecule has 3 nitrogen and oxygen atoms in total. The highest BCUT2D eigenvalue weighted by Crippen LogP contribution is 2.32. The van der Waals surface area contributed by atoms with Crippen LogP contribution in [0.15, 0.2) is 47.5 Å². The van der Waals surface area contributed by atoms with Gasteiger partial charge in [-0.1, -0.05) is 23.8 Å². The molecule has 0 aliphatic rings. The van der Waals surface area contributed by atoms with Crippen LogP contribution in [0.5, 0.6) is 0 Å². The van der Waals surface area contributed by atoms with Crippen LogP contribution in [-0.2, 0) is 0 Å². The number of hydrogen-bond acceptors (Lipinski definition) is 3. The van der Waals surface area contributed by atoms with E-state index in [1.807, 2.05) is 18.2 Å². The number of rotatable bonds is 2. The van der Waals surface area contributed by atoms with Gasteiger partial charge in [0, 0.05) is 5.56 Å². The van der Waals surface area contributed by atoms with Crippen LogP contribution in [0, 0.1) is 6.92 Å². The van der Waals surface area contributed by atoms with Gasteiger partial charge in [0.05, 0.1) is 21.7 Å². The molecule has 2 aromatic carbocycles. The van der Waals surface area contributed by atoms with E-state index < -0.39 is 0 Å². The number of fused-ring (bicyclic) bond motifs is 1. The van der Waals surface area contributed by atoms with Crippen molar-refractivity contribution in [1.82, 2.24) is 4.98 Å². The van der Waals surface area contributed by atoms with Crippen molar-refractivity contribution in [3.63, 3.8) is 0 Å². The van der Waals surface area contributed by atoms with Gasteiger partial charge < -0.3 is 5.73 Å². The molecule has 0 aliphatic heterocycles. The van der Waals surface area contributed by atoms with Crippen LogP contribution >= 0.6 is 11.3 Å².